The van der Waals surface area contributed by atoms with Gasteiger partial charge < -0.3 is 10.1 Å². The summed E-state index contributed by atoms with van der Waals surface area (Å²) in [7, 11) is -2.10. The van der Waals surface area contributed by atoms with Crippen LogP contribution in [0.4, 0.5) is 10.1 Å². The molecule has 7 nitrogen and oxygen atoms in total. The van der Waals surface area contributed by atoms with E-state index >= 15 is 0 Å². The Kier molecular flexibility index (Phi) is 8.10. The fraction of sp³-hybridized carbons (Fsp3) is 0.391. The van der Waals surface area contributed by atoms with E-state index in [1.54, 1.807) is 7.05 Å². The van der Waals surface area contributed by atoms with Crippen LogP contribution >= 0.6 is 11.6 Å². The number of rotatable bonds is 7. The Balaban J connectivity index is 1.62. The van der Waals surface area contributed by atoms with E-state index in [2.05, 4.69) is 5.32 Å². The molecule has 0 aromatic heterocycles. The Morgan fingerprint density at radius 2 is 1.76 bits per heavy atom. The molecule has 1 aliphatic rings. The van der Waals surface area contributed by atoms with E-state index in [0.717, 1.165) is 44.2 Å². The molecule has 33 heavy (non-hydrogen) atoms. The van der Waals surface area contributed by atoms with Crippen LogP contribution in [0.1, 0.15) is 49.4 Å². The summed E-state index contributed by atoms with van der Waals surface area (Å²) < 4.78 is 45.6. The van der Waals surface area contributed by atoms with Gasteiger partial charge in [-0.15, -0.1) is 0 Å². The number of hydrogen-bond acceptors (Lipinski definition) is 5. The maximum atomic E-state index is 13.1. The monoisotopic (exact) mass is 496 g/mol. The van der Waals surface area contributed by atoms with Crippen molar-refractivity contribution in [2.24, 2.45) is 0 Å². The minimum Gasteiger partial charge on any atom is -0.449 e. The van der Waals surface area contributed by atoms with Crippen molar-refractivity contribution in [2.45, 2.75) is 56.1 Å². The largest absolute Gasteiger partial charge is 0.449 e. The number of ether oxygens (including phenoxy) is 1. The van der Waals surface area contributed by atoms with Crippen LogP contribution in [0.5, 0.6) is 0 Å². The fourth-order valence-corrected chi connectivity index (χ4v) is 5.31. The Bertz CT molecular complexity index is 1120. The van der Waals surface area contributed by atoms with Crippen molar-refractivity contribution in [1.29, 1.82) is 0 Å². The van der Waals surface area contributed by atoms with E-state index in [4.69, 9.17) is 16.3 Å². The second-order valence-electron chi connectivity index (χ2n) is 8.00. The van der Waals surface area contributed by atoms with Crippen LogP contribution in [0.25, 0.3) is 0 Å². The summed E-state index contributed by atoms with van der Waals surface area (Å²) in [6.07, 6.45) is 3.64. The van der Waals surface area contributed by atoms with Crippen molar-refractivity contribution < 1.29 is 27.1 Å². The van der Waals surface area contributed by atoms with E-state index in [1.165, 1.54) is 41.6 Å². The quantitative estimate of drug-likeness (QED) is 0.565. The number of anilines is 1. The van der Waals surface area contributed by atoms with Gasteiger partial charge >= 0.3 is 5.97 Å². The third-order valence-corrected chi connectivity index (χ3v) is 7.93. The average molecular weight is 497 g/mol. The van der Waals surface area contributed by atoms with Gasteiger partial charge in [0.25, 0.3) is 5.91 Å². The minimum absolute atomic E-state index is 0.0110. The van der Waals surface area contributed by atoms with Crippen LogP contribution < -0.4 is 5.32 Å². The molecule has 1 amide bonds. The van der Waals surface area contributed by atoms with E-state index in [1.807, 2.05) is 0 Å². The van der Waals surface area contributed by atoms with Crippen molar-refractivity contribution >= 4 is 39.2 Å². The van der Waals surface area contributed by atoms with Crippen molar-refractivity contribution in [3.8, 4) is 0 Å². The molecule has 1 aliphatic carbocycles. The molecule has 0 heterocycles. The topological polar surface area (TPSA) is 92.8 Å². The second kappa shape index (κ2) is 10.6. The van der Waals surface area contributed by atoms with Crippen LogP contribution in [0.2, 0.25) is 5.02 Å². The number of carbonyl (C=O) groups is 2. The third kappa shape index (κ3) is 6.10. The highest BCUT2D eigenvalue weighted by atomic mass is 35.5. The molecular formula is C23H26ClFN2O5S. The van der Waals surface area contributed by atoms with Gasteiger partial charge in [-0.2, -0.15) is 4.31 Å². The smallest absolute Gasteiger partial charge is 0.338 e. The fourth-order valence-electron chi connectivity index (χ4n) is 3.68. The zero-order valence-electron chi connectivity index (χ0n) is 18.4. The highest BCUT2D eigenvalue weighted by molar-refractivity contribution is 7.89. The van der Waals surface area contributed by atoms with Gasteiger partial charge in [-0.1, -0.05) is 30.9 Å². The number of nitrogens with zero attached hydrogens (tertiary/aromatic N) is 1. The number of halogens is 2. The third-order valence-electron chi connectivity index (χ3n) is 5.70. The molecule has 1 fully saturated rings. The zero-order chi connectivity index (χ0) is 24.2. The summed E-state index contributed by atoms with van der Waals surface area (Å²) in [5.41, 5.74) is 0.288. The lowest BCUT2D eigenvalue weighted by atomic mass is 9.96. The molecule has 1 unspecified atom stereocenters. The standard InChI is InChI=1S/C23H26ClFN2O5S/c1-15(22(28)26-21-13-10-17(25)14-20(21)24)32-23(29)16-8-11-19(12-9-16)33(30,31)27(2)18-6-4-3-5-7-18/h8-15,18H,3-7H2,1-2H3,(H,26,28). The molecule has 1 N–H and O–H groups in total. The molecule has 0 bridgehead atoms. The highest BCUT2D eigenvalue weighted by Crippen LogP contribution is 2.27. The molecule has 0 spiro atoms. The normalized spacial score (nSPS) is 15.8. The lowest BCUT2D eigenvalue weighted by Crippen LogP contribution is -2.38. The maximum Gasteiger partial charge on any atom is 0.338 e. The number of carbonyl (C=O) groups excluding carboxylic acids is 2. The van der Waals surface area contributed by atoms with Crippen molar-refractivity contribution in [1.82, 2.24) is 4.31 Å². The Labute approximate surface area is 197 Å². The first kappa shape index (κ1) is 25.1. The van der Waals surface area contributed by atoms with Crippen molar-refractivity contribution in [2.75, 3.05) is 12.4 Å². The van der Waals surface area contributed by atoms with Crippen LogP contribution in [0, 0.1) is 5.82 Å². The number of benzene rings is 2. The Morgan fingerprint density at radius 1 is 1.12 bits per heavy atom. The van der Waals surface area contributed by atoms with Crippen LogP contribution in [-0.2, 0) is 19.6 Å². The first-order valence-electron chi connectivity index (χ1n) is 10.6. The number of hydrogen-bond donors (Lipinski definition) is 1. The molecule has 178 valence electrons. The van der Waals surface area contributed by atoms with Crippen LogP contribution in [-0.4, -0.2) is 43.8 Å². The Morgan fingerprint density at radius 3 is 2.36 bits per heavy atom. The molecule has 0 radical (unpaired) electrons. The summed E-state index contributed by atoms with van der Waals surface area (Å²) in [6, 6.07) is 8.88. The molecule has 10 heteroatoms. The highest BCUT2D eigenvalue weighted by Gasteiger charge is 2.29. The van der Waals surface area contributed by atoms with Crippen molar-refractivity contribution in [3.63, 3.8) is 0 Å². The van der Waals surface area contributed by atoms with E-state index in [9.17, 15) is 22.4 Å². The van der Waals surface area contributed by atoms with E-state index < -0.39 is 33.8 Å². The van der Waals surface area contributed by atoms with Gasteiger partial charge in [-0.3, -0.25) is 4.79 Å². The lowest BCUT2D eigenvalue weighted by molar-refractivity contribution is -0.123. The van der Waals surface area contributed by atoms with Crippen molar-refractivity contribution in [3.05, 3.63) is 58.9 Å². The summed E-state index contributed by atoms with van der Waals surface area (Å²) in [6.45, 7) is 1.38. The first-order chi connectivity index (χ1) is 15.6. The van der Waals surface area contributed by atoms with Gasteiger partial charge in [0.2, 0.25) is 10.0 Å². The lowest BCUT2D eigenvalue weighted by Gasteiger charge is -2.30. The van der Waals surface area contributed by atoms with Crippen LogP contribution in [0.15, 0.2) is 47.4 Å². The van der Waals surface area contributed by atoms with Gasteiger partial charge in [-0.25, -0.2) is 17.6 Å². The zero-order valence-corrected chi connectivity index (χ0v) is 20.0. The number of esters is 1. The number of amides is 1. The maximum absolute atomic E-state index is 13.1. The average Bonchev–Trinajstić information content (AvgIpc) is 2.80. The summed E-state index contributed by atoms with van der Waals surface area (Å²) in [4.78, 5) is 24.8. The summed E-state index contributed by atoms with van der Waals surface area (Å²) in [5, 5.41) is 2.48. The first-order valence-corrected chi connectivity index (χ1v) is 12.5. The van der Waals surface area contributed by atoms with E-state index in [0.29, 0.717) is 0 Å². The molecule has 0 saturated heterocycles. The van der Waals surface area contributed by atoms with Gasteiger partial charge in [-0.05, 0) is 62.2 Å². The second-order valence-corrected chi connectivity index (χ2v) is 10.4. The van der Waals surface area contributed by atoms with Crippen LogP contribution in [0.3, 0.4) is 0 Å². The van der Waals surface area contributed by atoms with Gasteiger partial charge in [0, 0.05) is 13.1 Å². The number of nitrogens with one attached hydrogen (secondary N) is 1. The molecule has 3 rings (SSSR count). The summed E-state index contributed by atoms with van der Waals surface area (Å²) in [5.74, 6) is -1.98. The van der Waals surface area contributed by atoms with Gasteiger partial charge in [0.05, 0.1) is 21.2 Å². The Hall–Kier alpha value is -2.49. The predicted octanol–water partition coefficient (Wildman–Crippen LogP) is 4.62. The van der Waals surface area contributed by atoms with E-state index in [-0.39, 0.29) is 27.2 Å². The molecule has 2 aromatic rings. The SMILES string of the molecule is CC(OC(=O)c1ccc(S(=O)(=O)N(C)C2CCCCC2)cc1)C(=O)Nc1ccc(F)cc1Cl. The molecular weight excluding hydrogens is 471 g/mol. The molecule has 1 saturated carbocycles. The molecule has 1 atom stereocenters. The number of sulfonamides is 1. The summed E-state index contributed by atoms with van der Waals surface area (Å²) >= 11 is 5.89. The molecule has 0 aliphatic heterocycles. The predicted molar refractivity (Wildman–Crippen MR) is 123 cm³/mol. The minimum atomic E-state index is -3.68. The van der Waals surface area contributed by atoms with Gasteiger partial charge in [0.1, 0.15) is 5.82 Å². The van der Waals surface area contributed by atoms with Gasteiger partial charge in [0.15, 0.2) is 6.10 Å². The molecule has 2 aromatic carbocycles.